The Morgan fingerprint density at radius 2 is 2.06 bits per heavy atom. The van der Waals surface area contributed by atoms with Crippen molar-refractivity contribution < 1.29 is 23.4 Å². The van der Waals surface area contributed by atoms with Crippen molar-refractivity contribution in [1.82, 2.24) is 9.88 Å². The Bertz CT molecular complexity index is 1080. The highest BCUT2D eigenvalue weighted by atomic mass is 19.3. The van der Waals surface area contributed by atoms with Crippen LogP contribution in [-0.4, -0.2) is 59.7 Å². The first-order chi connectivity index (χ1) is 17.4. The number of carboxylic acids is 1. The average molecular weight is 500 g/mol. The number of hydrogen-bond acceptors (Lipinski definition) is 5. The number of benzene rings is 1. The summed E-state index contributed by atoms with van der Waals surface area (Å²) in [5.41, 5.74) is 3.83. The van der Waals surface area contributed by atoms with Gasteiger partial charge in [-0.15, -0.1) is 0 Å². The number of nitrogens with one attached hydrogen (secondary N) is 1. The van der Waals surface area contributed by atoms with Crippen LogP contribution in [-0.2, 0) is 22.4 Å². The zero-order chi connectivity index (χ0) is 25.1. The Labute approximate surface area is 211 Å². The molecule has 0 spiro atoms. The smallest absolute Gasteiger partial charge is 0.325 e. The molecule has 194 valence electrons. The third-order valence-corrected chi connectivity index (χ3v) is 7.93. The van der Waals surface area contributed by atoms with Crippen molar-refractivity contribution >= 4 is 11.8 Å². The van der Waals surface area contributed by atoms with Crippen molar-refractivity contribution in [2.24, 2.45) is 5.92 Å². The van der Waals surface area contributed by atoms with Gasteiger partial charge >= 0.3 is 5.97 Å². The van der Waals surface area contributed by atoms with Gasteiger partial charge in [0.15, 0.2) is 0 Å². The lowest BCUT2D eigenvalue weighted by Crippen LogP contribution is -2.37. The highest BCUT2D eigenvalue weighted by Gasteiger charge is 2.46. The third kappa shape index (κ3) is 5.39. The van der Waals surface area contributed by atoms with Crippen LogP contribution in [0.15, 0.2) is 36.4 Å². The van der Waals surface area contributed by atoms with E-state index in [4.69, 9.17) is 4.74 Å². The lowest BCUT2D eigenvalue weighted by atomic mass is 9.89. The summed E-state index contributed by atoms with van der Waals surface area (Å²) in [4.78, 5) is 18.7. The van der Waals surface area contributed by atoms with E-state index in [1.165, 1.54) is 5.56 Å². The van der Waals surface area contributed by atoms with Gasteiger partial charge in [-0.3, -0.25) is 9.69 Å². The monoisotopic (exact) mass is 499 g/mol. The number of carbonyl (C=O) groups is 1. The molecule has 2 atom stereocenters. The fraction of sp³-hybridized carbons (Fsp3) is 0.571. The Kier molecular flexibility index (Phi) is 7.53. The zero-order valence-electron chi connectivity index (χ0n) is 20.6. The van der Waals surface area contributed by atoms with Crippen LogP contribution in [0.4, 0.5) is 14.6 Å². The lowest BCUT2D eigenvalue weighted by Gasteiger charge is -2.32. The van der Waals surface area contributed by atoms with Gasteiger partial charge in [0.05, 0.1) is 13.2 Å². The first-order valence-electron chi connectivity index (χ1n) is 13.2. The molecule has 36 heavy (non-hydrogen) atoms. The molecular formula is C28H35F2N3O3. The number of alkyl halides is 2. The van der Waals surface area contributed by atoms with Crippen molar-refractivity contribution in [1.29, 1.82) is 0 Å². The van der Waals surface area contributed by atoms with Crippen molar-refractivity contribution in [2.45, 2.75) is 62.8 Å². The predicted octanol–water partition coefficient (Wildman–Crippen LogP) is 5.05. The number of pyridine rings is 1. The van der Waals surface area contributed by atoms with Crippen LogP contribution in [0.2, 0.25) is 0 Å². The number of ether oxygens (including phenoxy) is 1. The van der Waals surface area contributed by atoms with Gasteiger partial charge in [0.2, 0.25) is 0 Å². The number of aryl methyl sites for hydroxylation is 2. The Morgan fingerprint density at radius 1 is 1.22 bits per heavy atom. The zero-order valence-corrected chi connectivity index (χ0v) is 20.6. The van der Waals surface area contributed by atoms with Crippen molar-refractivity contribution in [3.05, 3.63) is 58.8 Å². The summed E-state index contributed by atoms with van der Waals surface area (Å²) in [6, 6.07) is 10.7. The molecule has 1 aromatic heterocycles. The molecule has 2 aromatic rings. The van der Waals surface area contributed by atoms with E-state index < -0.39 is 23.9 Å². The van der Waals surface area contributed by atoms with Gasteiger partial charge in [0, 0.05) is 37.0 Å². The maximum atomic E-state index is 15.2. The van der Waals surface area contributed by atoms with Gasteiger partial charge in [0.1, 0.15) is 11.9 Å². The summed E-state index contributed by atoms with van der Waals surface area (Å²) < 4.78 is 35.7. The second-order valence-electron chi connectivity index (χ2n) is 10.4. The fourth-order valence-corrected chi connectivity index (χ4v) is 5.78. The molecule has 5 rings (SSSR count). The standard InChI is InChI=1S/C28H35F2N3O3/c29-28(30,13-4-3-7-22-11-10-19-6-5-14-31-26(19)32-22)21-12-15-33(16-21)25(27(34)35)24-9-2-1-8-23(24)20-17-36-18-20/h1-2,8-11,20-21,25H,3-7,12-18H2,(H,31,32)(H,34,35)/t21-,25-/m1/s1. The number of anilines is 1. The molecule has 2 fully saturated rings. The minimum atomic E-state index is -2.82. The third-order valence-electron chi connectivity index (χ3n) is 7.93. The normalized spacial score (nSPS) is 21.4. The van der Waals surface area contributed by atoms with E-state index in [2.05, 4.69) is 16.4 Å². The Balaban J connectivity index is 1.16. The topological polar surface area (TPSA) is 74.7 Å². The molecule has 4 heterocycles. The molecule has 6 nitrogen and oxygen atoms in total. The number of hydrogen-bond donors (Lipinski definition) is 2. The summed E-state index contributed by atoms with van der Waals surface area (Å²) in [7, 11) is 0. The van der Waals surface area contributed by atoms with Gasteiger partial charge in [-0.2, -0.15) is 0 Å². The minimum Gasteiger partial charge on any atom is -0.480 e. The second-order valence-corrected chi connectivity index (χ2v) is 10.4. The number of aliphatic carboxylic acids is 1. The number of nitrogens with zero attached hydrogens (tertiary/aromatic N) is 2. The van der Waals surface area contributed by atoms with E-state index in [-0.39, 0.29) is 18.9 Å². The first kappa shape index (κ1) is 25.1. The van der Waals surface area contributed by atoms with Crippen LogP contribution in [0.5, 0.6) is 0 Å². The Morgan fingerprint density at radius 3 is 2.83 bits per heavy atom. The molecule has 0 radical (unpaired) electrons. The molecule has 0 unspecified atom stereocenters. The predicted molar refractivity (Wildman–Crippen MR) is 134 cm³/mol. The molecule has 3 aliphatic rings. The Hall–Kier alpha value is -2.58. The second kappa shape index (κ2) is 10.8. The van der Waals surface area contributed by atoms with Crippen LogP contribution in [0.1, 0.15) is 66.4 Å². The number of likely N-dealkylation sites (tertiary alicyclic amines) is 1. The maximum absolute atomic E-state index is 15.2. The highest BCUT2D eigenvalue weighted by Crippen LogP contribution is 2.41. The molecule has 0 aliphatic carbocycles. The number of halogens is 2. The molecule has 2 saturated heterocycles. The van der Waals surface area contributed by atoms with Crippen molar-refractivity contribution in [2.75, 3.05) is 38.2 Å². The first-order valence-corrected chi connectivity index (χ1v) is 13.2. The molecular weight excluding hydrogens is 464 g/mol. The number of unbranched alkanes of at least 4 members (excludes halogenated alkanes) is 1. The molecule has 1 aromatic carbocycles. The summed E-state index contributed by atoms with van der Waals surface area (Å²) in [5.74, 6) is -3.52. The van der Waals surface area contributed by atoms with E-state index >= 15 is 8.78 Å². The van der Waals surface area contributed by atoms with Crippen LogP contribution < -0.4 is 5.32 Å². The van der Waals surface area contributed by atoms with Crippen LogP contribution in [0.3, 0.4) is 0 Å². The van der Waals surface area contributed by atoms with E-state index in [1.807, 2.05) is 30.3 Å². The quantitative estimate of drug-likeness (QED) is 0.446. The highest BCUT2D eigenvalue weighted by molar-refractivity contribution is 5.76. The van der Waals surface area contributed by atoms with Crippen LogP contribution in [0, 0.1) is 5.92 Å². The van der Waals surface area contributed by atoms with Crippen molar-refractivity contribution in [3.8, 4) is 0 Å². The maximum Gasteiger partial charge on any atom is 0.325 e. The largest absolute Gasteiger partial charge is 0.480 e. The molecule has 3 aliphatic heterocycles. The summed E-state index contributed by atoms with van der Waals surface area (Å²) in [5, 5.41) is 13.4. The lowest BCUT2D eigenvalue weighted by molar-refractivity contribution is -0.143. The van der Waals surface area contributed by atoms with Gasteiger partial charge in [-0.05, 0) is 67.8 Å². The molecule has 0 amide bonds. The van der Waals surface area contributed by atoms with Gasteiger partial charge in [-0.25, -0.2) is 13.8 Å². The van der Waals surface area contributed by atoms with E-state index in [9.17, 15) is 9.90 Å². The molecule has 8 heteroatoms. The molecule has 0 saturated carbocycles. The minimum absolute atomic E-state index is 0.0948. The van der Waals surface area contributed by atoms with E-state index in [0.29, 0.717) is 51.0 Å². The number of fused-ring (bicyclic) bond motifs is 1. The summed E-state index contributed by atoms with van der Waals surface area (Å²) in [6.45, 7) is 2.52. The van der Waals surface area contributed by atoms with Gasteiger partial charge in [0.25, 0.3) is 5.92 Å². The summed E-state index contributed by atoms with van der Waals surface area (Å²) in [6.07, 6.45) is 4.03. The van der Waals surface area contributed by atoms with Crippen LogP contribution >= 0.6 is 0 Å². The van der Waals surface area contributed by atoms with E-state index in [0.717, 1.165) is 36.5 Å². The number of carboxylic acid groups (broad SMARTS) is 1. The average Bonchev–Trinajstić information content (AvgIpc) is 3.32. The van der Waals surface area contributed by atoms with Crippen LogP contribution in [0.25, 0.3) is 0 Å². The van der Waals surface area contributed by atoms with Gasteiger partial charge < -0.3 is 15.2 Å². The molecule has 0 bridgehead atoms. The molecule has 2 N–H and O–H groups in total. The number of rotatable bonds is 10. The van der Waals surface area contributed by atoms with Gasteiger partial charge in [-0.1, -0.05) is 30.3 Å². The van der Waals surface area contributed by atoms with E-state index in [1.54, 1.807) is 4.90 Å². The number of aromatic nitrogens is 1. The van der Waals surface area contributed by atoms with Crippen molar-refractivity contribution in [3.63, 3.8) is 0 Å². The fourth-order valence-electron chi connectivity index (χ4n) is 5.78. The SMILES string of the molecule is O=C(O)[C@@H](c1ccccc1C1COC1)N1CC[C@@H](C(F)(F)CCCCc2ccc3c(n2)NCCC3)C1. The summed E-state index contributed by atoms with van der Waals surface area (Å²) >= 11 is 0.